The Kier molecular flexibility index (Phi) is 5.55. The molecule has 0 fully saturated rings. The van der Waals surface area contributed by atoms with Crippen LogP contribution in [-0.4, -0.2) is 33.2 Å². The van der Waals surface area contributed by atoms with Gasteiger partial charge in [-0.25, -0.2) is 0 Å². The maximum Gasteiger partial charge on any atom is 0.231 e. The third kappa shape index (κ3) is 4.06. The number of carbonyl (C=O) groups is 1. The van der Waals surface area contributed by atoms with Gasteiger partial charge in [0.15, 0.2) is 22.4 Å². The molecule has 2 aromatic carbocycles. The van der Waals surface area contributed by atoms with E-state index in [1.165, 1.54) is 11.8 Å². The van der Waals surface area contributed by atoms with E-state index in [1.807, 2.05) is 66.1 Å². The van der Waals surface area contributed by atoms with Gasteiger partial charge in [-0.3, -0.25) is 9.36 Å². The Balaban J connectivity index is 1.30. The van der Waals surface area contributed by atoms with Gasteiger partial charge in [0.2, 0.25) is 18.5 Å². The Morgan fingerprint density at radius 3 is 2.75 bits per heavy atom. The van der Waals surface area contributed by atoms with Gasteiger partial charge in [-0.15, -0.1) is 10.2 Å². The number of rotatable bonds is 7. The van der Waals surface area contributed by atoms with E-state index in [2.05, 4.69) is 15.5 Å². The number of carbonyl (C=O) groups excluding carboxylic acids is 1. The van der Waals surface area contributed by atoms with Crippen LogP contribution in [0.3, 0.4) is 0 Å². The molecule has 0 aliphatic carbocycles. The predicted octanol–water partition coefficient (Wildman–Crippen LogP) is 4.23. The third-order valence-electron chi connectivity index (χ3n) is 5.00. The molecule has 0 radical (unpaired) electrons. The lowest BCUT2D eigenvalue weighted by Gasteiger charge is -2.15. The van der Waals surface area contributed by atoms with Gasteiger partial charge in [-0.1, -0.05) is 36.0 Å². The monoisotopic (exact) mass is 448 g/mol. The van der Waals surface area contributed by atoms with Crippen molar-refractivity contribution in [3.05, 3.63) is 72.5 Å². The van der Waals surface area contributed by atoms with Gasteiger partial charge in [-0.2, -0.15) is 0 Å². The molecule has 2 aromatic heterocycles. The highest BCUT2D eigenvalue weighted by Gasteiger charge is 2.20. The number of benzene rings is 2. The largest absolute Gasteiger partial charge is 0.461 e. The van der Waals surface area contributed by atoms with Crippen LogP contribution in [0.15, 0.2) is 76.5 Å². The summed E-state index contributed by atoms with van der Waals surface area (Å²) >= 11 is 1.32. The second kappa shape index (κ2) is 8.80. The number of hydrogen-bond donors (Lipinski definition) is 1. The minimum Gasteiger partial charge on any atom is -0.461 e. The summed E-state index contributed by atoms with van der Waals surface area (Å²) in [6.45, 7) is 2.15. The van der Waals surface area contributed by atoms with E-state index in [1.54, 1.807) is 12.3 Å². The number of para-hydroxylation sites is 1. The molecule has 0 bridgehead atoms. The second-order valence-electron chi connectivity index (χ2n) is 7.15. The highest BCUT2D eigenvalue weighted by Crippen LogP contribution is 2.34. The summed E-state index contributed by atoms with van der Waals surface area (Å²) in [7, 11) is 0. The first-order valence-electron chi connectivity index (χ1n) is 10.1. The van der Waals surface area contributed by atoms with Crippen molar-refractivity contribution >= 4 is 17.7 Å². The van der Waals surface area contributed by atoms with Gasteiger partial charge >= 0.3 is 0 Å². The van der Waals surface area contributed by atoms with Crippen LogP contribution in [0.1, 0.15) is 18.5 Å². The number of nitrogens with one attached hydrogen (secondary N) is 1. The highest BCUT2D eigenvalue weighted by atomic mass is 32.2. The molecular formula is C23H20N4O4S. The first-order chi connectivity index (χ1) is 15.7. The van der Waals surface area contributed by atoms with Crippen LogP contribution in [0.25, 0.3) is 17.3 Å². The molecule has 9 heteroatoms. The zero-order valence-corrected chi connectivity index (χ0v) is 18.0. The molecule has 162 valence electrons. The predicted molar refractivity (Wildman–Crippen MR) is 119 cm³/mol. The molecular weight excluding hydrogens is 428 g/mol. The first kappa shape index (κ1) is 20.2. The van der Waals surface area contributed by atoms with E-state index in [0.29, 0.717) is 22.5 Å². The minimum absolute atomic E-state index is 0.109. The third-order valence-corrected chi connectivity index (χ3v) is 5.92. The molecule has 1 N–H and O–H groups in total. The number of ether oxygens (including phenoxy) is 2. The Morgan fingerprint density at radius 2 is 1.94 bits per heavy atom. The fourth-order valence-electron chi connectivity index (χ4n) is 3.42. The average molecular weight is 449 g/mol. The smallest absolute Gasteiger partial charge is 0.231 e. The molecule has 1 atom stereocenters. The molecule has 0 saturated carbocycles. The van der Waals surface area contributed by atoms with Crippen molar-refractivity contribution in [2.45, 2.75) is 18.1 Å². The summed E-state index contributed by atoms with van der Waals surface area (Å²) < 4.78 is 18.2. The first-order valence-corrected chi connectivity index (χ1v) is 11.0. The summed E-state index contributed by atoms with van der Waals surface area (Å²) in [4.78, 5) is 12.7. The van der Waals surface area contributed by atoms with Crippen molar-refractivity contribution in [2.75, 3.05) is 12.5 Å². The second-order valence-corrected chi connectivity index (χ2v) is 8.09. The Morgan fingerprint density at radius 1 is 1.09 bits per heavy atom. The molecule has 1 aliphatic rings. The average Bonchev–Trinajstić information content (AvgIpc) is 3.58. The van der Waals surface area contributed by atoms with Gasteiger partial charge in [0.1, 0.15) is 0 Å². The van der Waals surface area contributed by atoms with Gasteiger partial charge < -0.3 is 19.2 Å². The van der Waals surface area contributed by atoms with E-state index >= 15 is 0 Å². The fourth-order valence-corrected chi connectivity index (χ4v) is 4.18. The van der Waals surface area contributed by atoms with E-state index in [9.17, 15) is 4.79 Å². The molecule has 3 heterocycles. The Bertz CT molecular complexity index is 1220. The number of fused-ring (bicyclic) bond motifs is 1. The number of aromatic nitrogens is 3. The fraction of sp³-hybridized carbons (Fsp3) is 0.174. The van der Waals surface area contributed by atoms with Crippen LogP contribution in [0, 0.1) is 0 Å². The van der Waals surface area contributed by atoms with Crippen LogP contribution in [0.5, 0.6) is 11.5 Å². The zero-order valence-electron chi connectivity index (χ0n) is 17.2. The van der Waals surface area contributed by atoms with Gasteiger partial charge in [0.05, 0.1) is 18.1 Å². The van der Waals surface area contributed by atoms with Gasteiger partial charge in [0.25, 0.3) is 0 Å². The zero-order chi connectivity index (χ0) is 21.9. The number of furan rings is 1. The summed E-state index contributed by atoms with van der Waals surface area (Å²) in [5.41, 5.74) is 1.83. The standard InChI is InChI=1S/C23H20N4O4S/c1-15(16-9-10-18-20(12-16)31-14-30-18)24-21(28)13-32-23-26-25-22(19-8-5-11-29-19)27(23)17-6-3-2-4-7-17/h2-12,15H,13-14H2,1H3,(H,24,28). The molecule has 1 amide bonds. The van der Waals surface area contributed by atoms with Crippen molar-refractivity contribution in [1.29, 1.82) is 0 Å². The normalized spacial score (nSPS) is 13.2. The quantitative estimate of drug-likeness (QED) is 0.423. The molecule has 0 spiro atoms. The molecule has 5 rings (SSSR count). The minimum atomic E-state index is -0.178. The molecule has 4 aromatic rings. The summed E-state index contributed by atoms with van der Waals surface area (Å²) in [6.07, 6.45) is 1.59. The van der Waals surface area contributed by atoms with Crippen LogP contribution in [-0.2, 0) is 4.79 Å². The number of thioether (sulfide) groups is 1. The summed E-state index contributed by atoms with van der Waals surface area (Å²) in [5, 5.41) is 12.2. The van der Waals surface area contributed by atoms with Crippen LogP contribution >= 0.6 is 11.8 Å². The van der Waals surface area contributed by atoms with Crippen molar-refractivity contribution in [2.24, 2.45) is 0 Å². The maximum atomic E-state index is 12.7. The topological polar surface area (TPSA) is 91.4 Å². The van der Waals surface area contributed by atoms with E-state index < -0.39 is 0 Å². The number of hydrogen-bond acceptors (Lipinski definition) is 7. The van der Waals surface area contributed by atoms with Crippen LogP contribution < -0.4 is 14.8 Å². The summed E-state index contributed by atoms with van der Waals surface area (Å²) in [5.74, 6) is 2.68. The molecule has 8 nitrogen and oxygen atoms in total. The van der Waals surface area contributed by atoms with E-state index in [-0.39, 0.29) is 24.5 Å². The van der Waals surface area contributed by atoms with Gasteiger partial charge in [-0.05, 0) is 48.9 Å². The molecule has 32 heavy (non-hydrogen) atoms. The van der Waals surface area contributed by atoms with E-state index in [0.717, 1.165) is 17.0 Å². The Labute approximate surface area is 188 Å². The molecule has 1 aliphatic heterocycles. The van der Waals surface area contributed by atoms with Crippen molar-refractivity contribution in [1.82, 2.24) is 20.1 Å². The summed E-state index contributed by atoms with van der Waals surface area (Å²) in [6, 6.07) is 18.9. The molecule has 0 saturated heterocycles. The Hall–Kier alpha value is -3.72. The SMILES string of the molecule is CC(NC(=O)CSc1nnc(-c2ccco2)n1-c1ccccc1)c1ccc2c(c1)OCO2. The van der Waals surface area contributed by atoms with Crippen LogP contribution in [0.2, 0.25) is 0 Å². The van der Waals surface area contributed by atoms with E-state index in [4.69, 9.17) is 13.9 Å². The van der Waals surface area contributed by atoms with Crippen molar-refractivity contribution in [3.63, 3.8) is 0 Å². The molecule has 1 unspecified atom stereocenters. The maximum absolute atomic E-state index is 12.7. The lowest BCUT2D eigenvalue weighted by Crippen LogP contribution is -2.28. The van der Waals surface area contributed by atoms with Crippen LogP contribution in [0.4, 0.5) is 0 Å². The van der Waals surface area contributed by atoms with Crippen molar-refractivity contribution in [3.8, 4) is 28.8 Å². The highest BCUT2D eigenvalue weighted by molar-refractivity contribution is 7.99. The lowest BCUT2D eigenvalue weighted by molar-refractivity contribution is -0.119. The lowest BCUT2D eigenvalue weighted by atomic mass is 10.1. The van der Waals surface area contributed by atoms with Crippen molar-refractivity contribution < 1.29 is 18.7 Å². The number of nitrogens with zero attached hydrogens (tertiary/aromatic N) is 3. The number of amides is 1. The van der Waals surface area contributed by atoms with Gasteiger partial charge in [0, 0.05) is 5.69 Å².